The van der Waals surface area contributed by atoms with E-state index in [0.717, 1.165) is 5.69 Å². The standard InChI is InChI=1S/C9H9BN2O/c10-3-9(13)8-5-11-7(4-12-8)6-1-2-6/h4-6H,1-3H2. The molecule has 3 nitrogen and oxygen atoms in total. The summed E-state index contributed by atoms with van der Waals surface area (Å²) >= 11 is 0. The highest BCUT2D eigenvalue weighted by atomic mass is 16.1. The van der Waals surface area contributed by atoms with Gasteiger partial charge in [0.15, 0.2) is 5.78 Å². The summed E-state index contributed by atoms with van der Waals surface area (Å²) in [5.74, 6) is 0.421. The Balaban J connectivity index is 2.17. The minimum Gasteiger partial charge on any atom is -0.293 e. The molecule has 2 radical (unpaired) electrons. The fourth-order valence-corrected chi connectivity index (χ4v) is 1.18. The molecule has 0 aliphatic heterocycles. The molecule has 1 aromatic heterocycles. The molecule has 1 aliphatic carbocycles. The Morgan fingerprint density at radius 2 is 2.23 bits per heavy atom. The third-order valence-corrected chi connectivity index (χ3v) is 2.14. The van der Waals surface area contributed by atoms with Crippen molar-refractivity contribution in [3.63, 3.8) is 0 Å². The van der Waals surface area contributed by atoms with Gasteiger partial charge in [-0.25, -0.2) is 4.98 Å². The fourth-order valence-electron chi connectivity index (χ4n) is 1.18. The van der Waals surface area contributed by atoms with Crippen LogP contribution in [0.4, 0.5) is 0 Å². The van der Waals surface area contributed by atoms with Gasteiger partial charge < -0.3 is 0 Å². The second kappa shape index (κ2) is 3.28. The lowest BCUT2D eigenvalue weighted by atomic mass is 9.99. The van der Waals surface area contributed by atoms with Gasteiger partial charge in [0.05, 0.1) is 19.7 Å². The van der Waals surface area contributed by atoms with E-state index in [1.54, 1.807) is 6.20 Å². The smallest absolute Gasteiger partial charge is 0.174 e. The molecule has 0 atom stereocenters. The first kappa shape index (κ1) is 8.41. The zero-order valence-electron chi connectivity index (χ0n) is 7.23. The topological polar surface area (TPSA) is 42.9 Å². The molecule has 1 aliphatic rings. The molecule has 1 aromatic rings. The predicted octanol–water partition coefficient (Wildman–Crippen LogP) is 1.12. The number of rotatable bonds is 3. The Hall–Kier alpha value is -1.19. The van der Waals surface area contributed by atoms with E-state index in [1.807, 2.05) is 0 Å². The normalized spacial score (nSPS) is 15.7. The second-order valence-corrected chi connectivity index (χ2v) is 3.23. The second-order valence-electron chi connectivity index (χ2n) is 3.23. The lowest BCUT2D eigenvalue weighted by molar-refractivity contribution is 0.101. The van der Waals surface area contributed by atoms with Crippen molar-refractivity contribution in [3.8, 4) is 0 Å². The third-order valence-electron chi connectivity index (χ3n) is 2.14. The first-order valence-corrected chi connectivity index (χ1v) is 4.36. The van der Waals surface area contributed by atoms with Gasteiger partial charge in [-0.05, 0) is 19.2 Å². The summed E-state index contributed by atoms with van der Waals surface area (Å²) in [5, 5.41) is 0. The molecule has 64 valence electrons. The molecule has 1 fully saturated rings. The number of carbonyl (C=O) groups excluding carboxylic acids is 1. The highest BCUT2D eigenvalue weighted by Crippen LogP contribution is 2.38. The Kier molecular flexibility index (Phi) is 2.12. The van der Waals surface area contributed by atoms with Crippen molar-refractivity contribution in [1.29, 1.82) is 0 Å². The van der Waals surface area contributed by atoms with Crippen LogP contribution in [0.1, 0.15) is 34.9 Å². The van der Waals surface area contributed by atoms with E-state index in [2.05, 4.69) is 9.97 Å². The maximum Gasteiger partial charge on any atom is 0.174 e. The minimum absolute atomic E-state index is 0.00252. The molecule has 0 bridgehead atoms. The SMILES string of the molecule is [B]CC(=O)c1cnc(C2CC2)cn1. The maximum absolute atomic E-state index is 11.1. The molecule has 0 unspecified atom stereocenters. The highest BCUT2D eigenvalue weighted by molar-refractivity contribution is 6.23. The Morgan fingerprint density at radius 3 is 2.69 bits per heavy atom. The molecule has 1 saturated carbocycles. The molecule has 1 heterocycles. The van der Waals surface area contributed by atoms with Crippen molar-refractivity contribution in [2.45, 2.75) is 25.1 Å². The molecule has 0 spiro atoms. The molecular formula is C9H9BN2O. The minimum atomic E-state index is -0.158. The zero-order chi connectivity index (χ0) is 9.26. The number of Topliss-reactive ketones (excluding diaryl/α,β-unsaturated/α-hetero) is 1. The molecule has 4 heteroatoms. The number of aromatic nitrogens is 2. The number of carbonyl (C=O) groups is 1. The fraction of sp³-hybridized carbons (Fsp3) is 0.444. The van der Waals surface area contributed by atoms with Gasteiger partial charge in [-0.1, -0.05) is 0 Å². The summed E-state index contributed by atoms with van der Waals surface area (Å²) in [4.78, 5) is 19.3. The Morgan fingerprint density at radius 1 is 1.46 bits per heavy atom. The van der Waals surface area contributed by atoms with Crippen molar-refractivity contribution in [2.24, 2.45) is 0 Å². The van der Waals surface area contributed by atoms with Crippen molar-refractivity contribution in [2.75, 3.05) is 0 Å². The number of hydrogen-bond acceptors (Lipinski definition) is 3. The lowest BCUT2D eigenvalue weighted by Gasteiger charge is -1.98. The number of hydrogen-bond donors (Lipinski definition) is 0. The monoisotopic (exact) mass is 172 g/mol. The Bertz CT molecular complexity index is 319. The van der Waals surface area contributed by atoms with Crippen LogP contribution in [0, 0.1) is 0 Å². The van der Waals surface area contributed by atoms with Gasteiger partial charge in [0.1, 0.15) is 5.69 Å². The summed E-state index contributed by atoms with van der Waals surface area (Å²) in [6, 6.07) is 0. The molecule has 0 amide bonds. The van der Waals surface area contributed by atoms with Gasteiger partial charge in [0.2, 0.25) is 0 Å². The summed E-state index contributed by atoms with van der Waals surface area (Å²) < 4.78 is 0. The van der Waals surface area contributed by atoms with Crippen LogP contribution in [0.15, 0.2) is 12.4 Å². The van der Waals surface area contributed by atoms with E-state index in [1.165, 1.54) is 19.0 Å². The Labute approximate surface area is 78.0 Å². The molecule has 0 N–H and O–H groups in total. The van der Waals surface area contributed by atoms with Crippen LogP contribution in [0.3, 0.4) is 0 Å². The molecular weight excluding hydrogens is 163 g/mol. The third kappa shape index (κ3) is 1.77. The summed E-state index contributed by atoms with van der Waals surface area (Å²) in [6.07, 6.45) is 5.58. The predicted molar refractivity (Wildman–Crippen MR) is 48.9 cm³/mol. The number of ketones is 1. The van der Waals surface area contributed by atoms with Crippen LogP contribution in [0.5, 0.6) is 0 Å². The summed E-state index contributed by atoms with van der Waals surface area (Å²) in [6.45, 7) is 0. The van der Waals surface area contributed by atoms with Crippen molar-refractivity contribution < 1.29 is 4.79 Å². The molecule has 0 aromatic carbocycles. The zero-order valence-corrected chi connectivity index (χ0v) is 7.23. The van der Waals surface area contributed by atoms with Crippen LogP contribution in [0.2, 0.25) is 6.32 Å². The van der Waals surface area contributed by atoms with Gasteiger partial charge >= 0.3 is 0 Å². The van der Waals surface area contributed by atoms with Gasteiger partial charge in [-0.2, -0.15) is 0 Å². The van der Waals surface area contributed by atoms with Crippen molar-refractivity contribution in [3.05, 3.63) is 23.8 Å². The quantitative estimate of drug-likeness (QED) is 0.506. The molecule has 13 heavy (non-hydrogen) atoms. The van der Waals surface area contributed by atoms with Crippen LogP contribution in [-0.2, 0) is 0 Å². The average molecular weight is 172 g/mol. The molecule has 2 rings (SSSR count). The first-order valence-electron chi connectivity index (χ1n) is 4.36. The van der Waals surface area contributed by atoms with E-state index >= 15 is 0 Å². The highest BCUT2D eigenvalue weighted by Gasteiger charge is 2.25. The summed E-state index contributed by atoms with van der Waals surface area (Å²) in [5.41, 5.74) is 1.36. The van der Waals surface area contributed by atoms with Gasteiger partial charge in [-0.15, -0.1) is 0 Å². The number of nitrogens with zero attached hydrogens (tertiary/aromatic N) is 2. The molecule has 0 saturated heterocycles. The van der Waals surface area contributed by atoms with Gasteiger partial charge in [0, 0.05) is 12.1 Å². The van der Waals surface area contributed by atoms with E-state index in [9.17, 15) is 4.79 Å². The largest absolute Gasteiger partial charge is 0.293 e. The van der Waals surface area contributed by atoms with E-state index < -0.39 is 0 Å². The average Bonchev–Trinajstić information content (AvgIpc) is 3.00. The van der Waals surface area contributed by atoms with E-state index in [4.69, 9.17) is 7.85 Å². The van der Waals surface area contributed by atoms with Crippen LogP contribution >= 0.6 is 0 Å². The van der Waals surface area contributed by atoms with Crippen LogP contribution in [-0.4, -0.2) is 23.6 Å². The van der Waals surface area contributed by atoms with Crippen LogP contribution in [0.25, 0.3) is 0 Å². The van der Waals surface area contributed by atoms with E-state index in [-0.39, 0.29) is 12.1 Å². The van der Waals surface area contributed by atoms with Crippen LogP contribution < -0.4 is 0 Å². The van der Waals surface area contributed by atoms with E-state index in [0.29, 0.717) is 11.6 Å². The maximum atomic E-state index is 11.1. The van der Waals surface area contributed by atoms with Crippen molar-refractivity contribution >= 4 is 13.6 Å². The first-order chi connectivity index (χ1) is 6.31. The van der Waals surface area contributed by atoms with Gasteiger partial charge in [0.25, 0.3) is 0 Å². The summed E-state index contributed by atoms with van der Waals surface area (Å²) in [7, 11) is 5.20. The van der Waals surface area contributed by atoms with Gasteiger partial charge in [-0.3, -0.25) is 9.78 Å². The van der Waals surface area contributed by atoms with Crippen molar-refractivity contribution in [1.82, 2.24) is 9.97 Å². The lowest BCUT2D eigenvalue weighted by Crippen LogP contribution is -2.02.